The van der Waals surface area contributed by atoms with Crippen LogP contribution < -0.4 is 5.32 Å². The van der Waals surface area contributed by atoms with Crippen molar-refractivity contribution in [3.63, 3.8) is 0 Å². The molecule has 18 heavy (non-hydrogen) atoms. The number of hydrogen-bond acceptors (Lipinski definition) is 2. The average molecular weight is 241 g/mol. The maximum absolute atomic E-state index is 4.96. The fourth-order valence-electron chi connectivity index (χ4n) is 3.11. The summed E-state index contributed by atoms with van der Waals surface area (Å²) in [6, 6.07) is 9.43. The van der Waals surface area contributed by atoms with Crippen molar-refractivity contribution in [2.24, 2.45) is 0 Å². The van der Waals surface area contributed by atoms with Crippen LogP contribution in [0.2, 0.25) is 0 Å². The van der Waals surface area contributed by atoms with E-state index in [1.54, 1.807) is 0 Å². The van der Waals surface area contributed by atoms with Crippen molar-refractivity contribution < 1.29 is 0 Å². The van der Waals surface area contributed by atoms with Gasteiger partial charge in [-0.1, -0.05) is 18.2 Å². The molecular formula is C15H19N3. The standard InChI is InChI=1S/C15H19N3/c1-2-4-14-13(3-1)15(11-7-9-16-10-8-11)17-18(14)12-5-6-12/h1-4,11-12,16H,5-10H2. The van der Waals surface area contributed by atoms with Crippen molar-refractivity contribution in [3.05, 3.63) is 30.0 Å². The number of nitrogens with one attached hydrogen (secondary N) is 1. The lowest BCUT2D eigenvalue weighted by Gasteiger charge is -2.21. The minimum absolute atomic E-state index is 0.649. The molecule has 0 spiro atoms. The lowest BCUT2D eigenvalue weighted by Crippen LogP contribution is -2.27. The summed E-state index contributed by atoms with van der Waals surface area (Å²) in [6.45, 7) is 2.27. The molecule has 3 nitrogen and oxygen atoms in total. The molecule has 0 amide bonds. The second-order valence-electron chi connectivity index (χ2n) is 5.60. The Hall–Kier alpha value is -1.35. The van der Waals surface area contributed by atoms with E-state index in [0.717, 1.165) is 13.1 Å². The molecule has 4 rings (SSSR count). The molecule has 1 aromatic carbocycles. The van der Waals surface area contributed by atoms with Gasteiger partial charge in [0, 0.05) is 11.3 Å². The summed E-state index contributed by atoms with van der Waals surface area (Å²) in [4.78, 5) is 0. The Kier molecular flexibility index (Phi) is 2.40. The predicted molar refractivity (Wildman–Crippen MR) is 72.8 cm³/mol. The van der Waals surface area contributed by atoms with Crippen LogP contribution in [-0.4, -0.2) is 22.9 Å². The first-order valence-electron chi connectivity index (χ1n) is 7.11. The number of rotatable bonds is 2. The summed E-state index contributed by atoms with van der Waals surface area (Å²) in [6.07, 6.45) is 5.06. The van der Waals surface area contributed by atoms with Gasteiger partial charge in [0.25, 0.3) is 0 Å². The van der Waals surface area contributed by atoms with Crippen molar-refractivity contribution in [2.75, 3.05) is 13.1 Å². The largest absolute Gasteiger partial charge is 0.317 e. The molecule has 3 heteroatoms. The minimum atomic E-state index is 0.649. The van der Waals surface area contributed by atoms with Gasteiger partial charge in [-0.25, -0.2) is 0 Å². The third-order valence-corrected chi connectivity index (χ3v) is 4.26. The zero-order chi connectivity index (χ0) is 11.9. The zero-order valence-electron chi connectivity index (χ0n) is 10.6. The van der Waals surface area contributed by atoms with Gasteiger partial charge in [-0.15, -0.1) is 0 Å². The first-order valence-corrected chi connectivity index (χ1v) is 7.11. The van der Waals surface area contributed by atoms with Crippen LogP contribution in [0.5, 0.6) is 0 Å². The van der Waals surface area contributed by atoms with Gasteiger partial charge >= 0.3 is 0 Å². The SMILES string of the molecule is c1ccc2c(c1)c(C1CCNCC1)nn2C1CC1. The van der Waals surface area contributed by atoms with E-state index in [0.29, 0.717) is 12.0 Å². The molecule has 0 unspecified atom stereocenters. The van der Waals surface area contributed by atoms with Crippen LogP contribution in [0.1, 0.15) is 43.3 Å². The van der Waals surface area contributed by atoms with E-state index in [9.17, 15) is 0 Å². The molecule has 2 heterocycles. The van der Waals surface area contributed by atoms with Gasteiger partial charge in [0.1, 0.15) is 0 Å². The van der Waals surface area contributed by atoms with Crippen molar-refractivity contribution >= 4 is 10.9 Å². The van der Waals surface area contributed by atoms with Crippen molar-refractivity contribution in [1.82, 2.24) is 15.1 Å². The molecule has 2 aliphatic rings. The Balaban J connectivity index is 1.83. The van der Waals surface area contributed by atoms with Crippen molar-refractivity contribution in [2.45, 2.75) is 37.6 Å². The summed E-state index contributed by atoms with van der Waals surface area (Å²) in [5.74, 6) is 0.649. The van der Waals surface area contributed by atoms with E-state index in [-0.39, 0.29) is 0 Å². The second kappa shape index (κ2) is 4.09. The molecule has 1 N–H and O–H groups in total. The molecule has 0 atom stereocenters. The van der Waals surface area contributed by atoms with Crippen LogP contribution in [-0.2, 0) is 0 Å². The highest BCUT2D eigenvalue weighted by Gasteiger charge is 2.29. The molecule has 2 fully saturated rings. The third kappa shape index (κ3) is 1.65. The Labute approximate surface area is 107 Å². The molecule has 1 aliphatic carbocycles. The van der Waals surface area contributed by atoms with Crippen molar-refractivity contribution in [1.29, 1.82) is 0 Å². The van der Waals surface area contributed by atoms with Gasteiger partial charge in [0.2, 0.25) is 0 Å². The van der Waals surface area contributed by atoms with E-state index < -0.39 is 0 Å². The quantitative estimate of drug-likeness (QED) is 0.876. The summed E-state index contributed by atoms with van der Waals surface area (Å²) in [5, 5.41) is 9.79. The molecule has 0 radical (unpaired) electrons. The lowest BCUT2D eigenvalue weighted by molar-refractivity contribution is 0.449. The lowest BCUT2D eigenvalue weighted by atomic mass is 9.93. The van der Waals surface area contributed by atoms with Gasteiger partial charge in [0.05, 0.1) is 17.3 Å². The molecule has 0 bridgehead atoms. The smallest absolute Gasteiger partial charge is 0.0735 e. The van der Waals surface area contributed by atoms with Gasteiger partial charge < -0.3 is 5.32 Å². The van der Waals surface area contributed by atoms with E-state index in [1.165, 1.54) is 42.3 Å². The third-order valence-electron chi connectivity index (χ3n) is 4.26. The molecular weight excluding hydrogens is 222 g/mol. The van der Waals surface area contributed by atoms with Crippen LogP contribution in [0, 0.1) is 0 Å². The van der Waals surface area contributed by atoms with Crippen LogP contribution in [0.3, 0.4) is 0 Å². The fraction of sp³-hybridized carbons (Fsp3) is 0.533. The van der Waals surface area contributed by atoms with Gasteiger partial charge in [-0.05, 0) is 44.8 Å². The monoisotopic (exact) mass is 241 g/mol. The zero-order valence-corrected chi connectivity index (χ0v) is 10.6. The molecule has 94 valence electrons. The number of aromatic nitrogens is 2. The number of benzene rings is 1. The highest BCUT2D eigenvalue weighted by Crippen LogP contribution is 2.39. The second-order valence-corrected chi connectivity index (χ2v) is 5.60. The van der Waals surface area contributed by atoms with Crippen LogP contribution in [0.4, 0.5) is 0 Å². The van der Waals surface area contributed by atoms with E-state index >= 15 is 0 Å². The Morgan fingerprint density at radius 1 is 1.06 bits per heavy atom. The predicted octanol–water partition coefficient (Wildman–Crippen LogP) is 2.84. The Morgan fingerprint density at radius 2 is 1.83 bits per heavy atom. The highest BCUT2D eigenvalue weighted by atomic mass is 15.3. The topological polar surface area (TPSA) is 29.9 Å². The molecule has 2 aromatic rings. The number of piperidine rings is 1. The number of nitrogens with zero attached hydrogens (tertiary/aromatic N) is 2. The fourth-order valence-corrected chi connectivity index (χ4v) is 3.11. The molecule has 1 aromatic heterocycles. The van der Waals surface area contributed by atoms with Crippen LogP contribution in [0.25, 0.3) is 10.9 Å². The molecule has 1 saturated carbocycles. The van der Waals surface area contributed by atoms with Gasteiger partial charge in [0.15, 0.2) is 0 Å². The number of fused-ring (bicyclic) bond motifs is 1. The van der Waals surface area contributed by atoms with Gasteiger partial charge in [-0.3, -0.25) is 4.68 Å². The number of hydrogen-bond donors (Lipinski definition) is 1. The van der Waals surface area contributed by atoms with Crippen LogP contribution >= 0.6 is 0 Å². The number of para-hydroxylation sites is 1. The van der Waals surface area contributed by atoms with E-state index in [1.807, 2.05) is 0 Å². The summed E-state index contributed by atoms with van der Waals surface area (Å²) in [7, 11) is 0. The molecule has 1 saturated heterocycles. The summed E-state index contributed by atoms with van der Waals surface area (Å²) in [5.41, 5.74) is 2.69. The Morgan fingerprint density at radius 3 is 2.61 bits per heavy atom. The first kappa shape index (κ1) is 10.6. The minimum Gasteiger partial charge on any atom is -0.317 e. The normalized spacial score (nSPS) is 21.6. The first-order chi connectivity index (χ1) is 8.93. The maximum atomic E-state index is 4.96. The molecule has 1 aliphatic heterocycles. The average Bonchev–Trinajstić information content (AvgIpc) is 3.21. The van der Waals surface area contributed by atoms with Crippen molar-refractivity contribution in [3.8, 4) is 0 Å². The van der Waals surface area contributed by atoms with Gasteiger partial charge in [-0.2, -0.15) is 5.10 Å². The summed E-state index contributed by atoms with van der Waals surface area (Å²) < 4.78 is 2.28. The summed E-state index contributed by atoms with van der Waals surface area (Å²) >= 11 is 0. The van der Waals surface area contributed by atoms with Crippen LogP contribution in [0.15, 0.2) is 24.3 Å². The maximum Gasteiger partial charge on any atom is 0.0735 e. The Bertz CT molecular complexity index is 562. The van der Waals surface area contributed by atoms with E-state index in [2.05, 4.69) is 34.3 Å². The highest BCUT2D eigenvalue weighted by molar-refractivity contribution is 5.82. The van der Waals surface area contributed by atoms with E-state index in [4.69, 9.17) is 5.10 Å².